The fourth-order valence-corrected chi connectivity index (χ4v) is 2.89. The number of ether oxygens (including phenoxy) is 1. The molecule has 15 heavy (non-hydrogen) atoms. The monoisotopic (exact) mass is 244 g/mol. The molecular weight excluding hydrogens is 232 g/mol. The van der Waals surface area contributed by atoms with E-state index in [0.29, 0.717) is 11.6 Å². The molecule has 3 nitrogen and oxygen atoms in total. The zero-order chi connectivity index (χ0) is 10.8. The van der Waals surface area contributed by atoms with Gasteiger partial charge in [-0.25, -0.2) is 9.97 Å². The zero-order valence-corrected chi connectivity index (χ0v) is 10.4. The van der Waals surface area contributed by atoms with Crippen molar-refractivity contribution in [2.24, 2.45) is 0 Å². The summed E-state index contributed by atoms with van der Waals surface area (Å²) in [4.78, 5) is 8.80. The van der Waals surface area contributed by atoms with E-state index in [0.717, 1.165) is 28.6 Å². The normalized spacial score (nSPS) is 16.5. The van der Waals surface area contributed by atoms with Crippen LogP contribution in [0, 0.1) is 0 Å². The van der Waals surface area contributed by atoms with Crippen LogP contribution >= 0.6 is 23.4 Å². The van der Waals surface area contributed by atoms with Crippen LogP contribution < -0.4 is 0 Å². The second kappa shape index (κ2) is 4.68. The van der Waals surface area contributed by atoms with Gasteiger partial charge in [0.05, 0.1) is 11.8 Å². The van der Waals surface area contributed by atoms with Gasteiger partial charge in [0.15, 0.2) is 0 Å². The van der Waals surface area contributed by atoms with Crippen molar-refractivity contribution in [2.45, 2.75) is 31.0 Å². The lowest BCUT2D eigenvalue weighted by Crippen LogP contribution is -2.12. The molecule has 0 fully saturated rings. The third-order valence-electron chi connectivity index (χ3n) is 2.45. The van der Waals surface area contributed by atoms with E-state index in [9.17, 15) is 0 Å². The molecule has 0 saturated heterocycles. The van der Waals surface area contributed by atoms with E-state index in [-0.39, 0.29) is 6.10 Å². The van der Waals surface area contributed by atoms with Crippen LogP contribution in [0.3, 0.4) is 0 Å². The average Bonchev–Trinajstić information content (AvgIpc) is 2.66. The third kappa shape index (κ3) is 2.44. The minimum absolute atomic E-state index is 0.133. The van der Waals surface area contributed by atoms with Crippen LogP contribution in [-0.4, -0.2) is 23.2 Å². The number of rotatable bonds is 3. The second-order valence-corrected chi connectivity index (χ2v) is 4.94. The summed E-state index contributed by atoms with van der Waals surface area (Å²) < 4.78 is 5.19. The molecule has 0 aromatic carbocycles. The minimum atomic E-state index is 0.133. The molecule has 1 aliphatic rings. The molecule has 1 aromatic rings. The highest BCUT2D eigenvalue weighted by molar-refractivity contribution is 7.98. The summed E-state index contributed by atoms with van der Waals surface area (Å²) in [6, 6.07) is 0. The number of hydrogen-bond acceptors (Lipinski definition) is 4. The Balaban J connectivity index is 2.23. The average molecular weight is 245 g/mol. The number of hydrogen-bond donors (Lipinski definition) is 0. The molecule has 1 aromatic heterocycles. The van der Waals surface area contributed by atoms with Gasteiger partial charge in [-0.05, 0) is 6.92 Å². The fourth-order valence-electron chi connectivity index (χ4n) is 1.49. The van der Waals surface area contributed by atoms with Gasteiger partial charge in [0, 0.05) is 30.6 Å². The van der Waals surface area contributed by atoms with Crippen molar-refractivity contribution < 1.29 is 4.74 Å². The molecule has 2 heterocycles. The van der Waals surface area contributed by atoms with Crippen LogP contribution in [0.4, 0.5) is 0 Å². The maximum absolute atomic E-state index is 6.10. The van der Waals surface area contributed by atoms with E-state index in [1.807, 2.05) is 18.7 Å². The van der Waals surface area contributed by atoms with Gasteiger partial charge in [-0.1, -0.05) is 11.6 Å². The zero-order valence-electron chi connectivity index (χ0n) is 8.79. The Bertz CT molecular complexity index is 373. The molecule has 1 unspecified atom stereocenters. The SMILES string of the molecule is COC(C)Cc1nc(Cl)c2c(n1)CSC2. The Hall–Kier alpha value is -0.320. The van der Waals surface area contributed by atoms with Gasteiger partial charge in [0.1, 0.15) is 11.0 Å². The number of fused-ring (bicyclic) bond motifs is 1. The molecule has 0 aliphatic carbocycles. The molecule has 0 saturated carbocycles. The molecule has 0 bridgehead atoms. The topological polar surface area (TPSA) is 35.0 Å². The predicted molar refractivity (Wildman–Crippen MR) is 62.2 cm³/mol. The van der Waals surface area contributed by atoms with Crippen molar-refractivity contribution in [3.8, 4) is 0 Å². The van der Waals surface area contributed by atoms with Crippen molar-refractivity contribution in [2.75, 3.05) is 7.11 Å². The summed E-state index contributed by atoms with van der Waals surface area (Å²) in [5.41, 5.74) is 2.20. The van der Waals surface area contributed by atoms with Gasteiger partial charge in [-0.2, -0.15) is 11.8 Å². The van der Waals surface area contributed by atoms with Crippen molar-refractivity contribution in [3.63, 3.8) is 0 Å². The van der Waals surface area contributed by atoms with E-state index < -0.39 is 0 Å². The summed E-state index contributed by atoms with van der Waals surface area (Å²) in [6.07, 6.45) is 0.849. The summed E-state index contributed by atoms with van der Waals surface area (Å²) in [5, 5.41) is 0.614. The van der Waals surface area contributed by atoms with Gasteiger partial charge in [0.2, 0.25) is 0 Å². The van der Waals surface area contributed by atoms with E-state index in [2.05, 4.69) is 9.97 Å². The quantitative estimate of drug-likeness (QED) is 0.766. The molecule has 5 heteroatoms. The maximum Gasteiger partial charge on any atom is 0.137 e. The first-order valence-electron chi connectivity index (χ1n) is 4.85. The van der Waals surface area contributed by atoms with Crippen LogP contribution in [-0.2, 0) is 22.7 Å². The maximum atomic E-state index is 6.10. The highest BCUT2D eigenvalue weighted by Gasteiger charge is 2.19. The largest absolute Gasteiger partial charge is 0.381 e. The summed E-state index contributed by atoms with van der Waals surface area (Å²) in [5.74, 6) is 2.68. The molecule has 0 spiro atoms. The van der Waals surface area contributed by atoms with Crippen molar-refractivity contribution in [1.29, 1.82) is 0 Å². The van der Waals surface area contributed by atoms with E-state index in [4.69, 9.17) is 16.3 Å². The fraction of sp³-hybridized carbons (Fsp3) is 0.600. The van der Waals surface area contributed by atoms with Gasteiger partial charge >= 0.3 is 0 Å². The lowest BCUT2D eigenvalue weighted by Gasteiger charge is -2.09. The molecule has 82 valence electrons. The van der Waals surface area contributed by atoms with Gasteiger partial charge in [-0.3, -0.25) is 0 Å². The highest BCUT2D eigenvalue weighted by Crippen LogP contribution is 2.32. The number of halogens is 1. The minimum Gasteiger partial charge on any atom is -0.381 e. The summed E-state index contributed by atoms with van der Waals surface area (Å²) in [7, 11) is 1.69. The number of aromatic nitrogens is 2. The number of thioether (sulfide) groups is 1. The molecule has 1 atom stereocenters. The van der Waals surface area contributed by atoms with E-state index >= 15 is 0 Å². The highest BCUT2D eigenvalue weighted by atomic mass is 35.5. The van der Waals surface area contributed by atoms with Crippen LogP contribution in [0.2, 0.25) is 5.15 Å². The van der Waals surface area contributed by atoms with Gasteiger partial charge in [-0.15, -0.1) is 0 Å². The van der Waals surface area contributed by atoms with Gasteiger partial charge in [0.25, 0.3) is 0 Å². The van der Waals surface area contributed by atoms with Crippen molar-refractivity contribution >= 4 is 23.4 Å². The molecule has 2 rings (SSSR count). The first-order valence-corrected chi connectivity index (χ1v) is 6.38. The summed E-state index contributed by atoms with van der Waals surface area (Å²) >= 11 is 7.93. The molecule has 1 aliphatic heterocycles. The Labute approximate surface area is 98.6 Å². The summed E-state index contributed by atoms with van der Waals surface area (Å²) in [6.45, 7) is 2.00. The Kier molecular flexibility index (Phi) is 3.49. The van der Waals surface area contributed by atoms with Crippen LogP contribution in [0.25, 0.3) is 0 Å². The molecule has 0 radical (unpaired) electrons. The third-order valence-corrected chi connectivity index (χ3v) is 3.73. The lowest BCUT2D eigenvalue weighted by molar-refractivity contribution is 0.117. The smallest absolute Gasteiger partial charge is 0.137 e. The first-order chi connectivity index (χ1) is 7.20. The number of methoxy groups -OCH3 is 1. The Morgan fingerprint density at radius 2 is 2.27 bits per heavy atom. The van der Waals surface area contributed by atoms with Crippen molar-refractivity contribution in [3.05, 3.63) is 22.2 Å². The first kappa shape index (κ1) is 11.2. The van der Waals surface area contributed by atoms with Gasteiger partial charge < -0.3 is 4.74 Å². The predicted octanol–water partition coefficient (Wildman–Crippen LogP) is 2.45. The van der Waals surface area contributed by atoms with Crippen LogP contribution in [0.5, 0.6) is 0 Å². The van der Waals surface area contributed by atoms with Crippen molar-refractivity contribution in [1.82, 2.24) is 9.97 Å². The van der Waals surface area contributed by atoms with E-state index in [1.165, 1.54) is 0 Å². The standard InChI is InChI=1S/C10H13ClN2OS/c1-6(14-2)3-9-12-8-5-15-4-7(8)10(11)13-9/h6H,3-5H2,1-2H3. The van der Waals surface area contributed by atoms with Crippen LogP contribution in [0.1, 0.15) is 24.0 Å². The Morgan fingerprint density at radius 1 is 1.47 bits per heavy atom. The number of nitrogens with zero attached hydrogens (tertiary/aromatic N) is 2. The molecule has 0 N–H and O–H groups in total. The lowest BCUT2D eigenvalue weighted by atomic mass is 10.2. The van der Waals surface area contributed by atoms with E-state index in [1.54, 1.807) is 7.11 Å². The molecule has 0 amide bonds. The molecular formula is C10H13ClN2OS. The second-order valence-electron chi connectivity index (χ2n) is 3.60. The Morgan fingerprint density at radius 3 is 3.00 bits per heavy atom. The van der Waals surface area contributed by atoms with Crippen LogP contribution in [0.15, 0.2) is 0 Å².